The van der Waals surface area contributed by atoms with Gasteiger partial charge in [0.1, 0.15) is 0 Å². The summed E-state index contributed by atoms with van der Waals surface area (Å²) in [7, 11) is 0. The minimum Gasteiger partial charge on any atom is -0.338 e. The number of aryl methyl sites for hydroxylation is 2. The van der Waals surface area contributed by atoms with E-state index in [4.69, 9.17) is 0 Å². The van der Waals surface area contributed by atoms with E-state index in [1.54, 1.807) is 18.6 Å². The Morgan fingerprint density at radius 2 is 1.96 bits per heavy atom. The van der Waals surface area contributed by atoms with E-state index in [2.05, 4.69) is 15.1 Å². The average Bonchev–Trinajstić information content (AvgIpc) is 3.29. The molecule has 1 saturated heterocycles. The molecule has 0 bridgehead atoms. The first-order valence-electron chi connectivity index (χ1n) is 8.81. The Hall–Kier alpha value is -3.02. The minimum atomic E-state index is 0.0660. The van der Waals surface area contributed by atoms with E-state index in [0.29, 0.717) is 12.1 Å². The maximum Gasteiger partial charge on any atom is 0.253 e. The number of hydrogen-bond acceptors (Lipinski definition) is 4. The van der Waals surface area contributed by atoms with Crippen LogP contribution >= 0.6 is 0 Å². The van der Waals surface area contributed by atoms with E-state index in [9.17, 15) is 4.79 Å². The summed E-state index contributed by atoms with van der Waals surface area (Å²) < 4.78 is 1.89. The molecule has 2 aromatic heterocycles. The van der Waals surface area contributed by atoms with E-state index in [1.807, 2.05) is 53.8 Å². The molecule has 1 aromatic carbocycles. The zero-order valence-corrected chi connectivity index (χ0v) is 15.0. The number of amides is 1. The molecule has 1 atom stereocenters. The average molecular weight is 347 g/mol. The number of likely N-dealkylation sites (tertiary alicyclic amines) is 1. The normalized spacial score (nSPS) is 16.8. The van der Waals surface area contributed by atoms with Gasteiger partial charge in [0.15, 0.2) is 0 Å². The molecule has 1 amide bonds. The Bertz CT molecular complexity index is 917. The largest absolute Gasteiger partial charge is 0.338 e. The standard InChI is InChI=1S/C20H21N5O/c1-14-11-15(2)25(23-14)18-5-3-16(4-6-18)20(26)24-10-7-17(13-24)19-12-21-8-9-22-19/h3-6,8-9,11-12,17H,7,10,13H2,1-2H3/t17-/m0/s1. The fourth-order valence-electron chi connectivity index (χ4n) is 3.53. The van der Waals surface area contributed by atoms with Gasteiger partial charge in [-0.15, -0.1) is 0 Å². The first kappa shape index (κ1) is 16.4. The predicted octanol–water partition coefficient (Wildman–Crippen LogP) is 2.91. The molecule has 3 heterocycles. The molecule has 3 aromatic rings. The van der Waals surface area contributed by atoms with Crippen LogP contribution in [0, 0.1) is 13.8 Å². The molecule has 0 saturated carbocycles. The van der Waals surface area contributed by atoms with Crippen molar-refractivity contribution in [1.29, 1.82) is 0 Å². The molecule has 6 nitrogen and oxygen atoms in total. The molecule has 132 valence electrons. The van der Waals surface area contributed by atoms with Gasteiger partial charge in [0.05, 0.1) is 17.1 Å². The zero-order chi connectivity index (χ0) is 18.1. The molecule has 26 heavy (non-hydrogen) atoms. The van der Waals surface area contributed by atoms with Crippen LogP contribution in [0.25, 0.3) is 5.69 Å². The highest BCUT2D eigenvalue weighted by Crippen LogP contribution is 2.26. The number of benzene rings is 1. The van der Waals surface area contributed by atoms with Gasteiger partial charge in [0.25, 0.3) is 5.91 Å². The van der Waals surface area contributed by atoms with Gasteiger partial charge in [-0.25, -0.2) is 4.68 Å². The monoisotopic (exact) mass is 347 g/mol. The quantitative estimate of drug-likeness (QED) is 0.731. The first-order valence-corrected chi connectivity index (χ1v) is 8.81. The van der Waals surface area contributed by atoms with Crippen molar-refractivity contribution in [2.75, 3.05) is 13.1 Å². The lowest BCUT2D eigenvalue weighted by Gasteiger charge is -2.17. The zero-order valence-electron chi connectivity index (χ0n) is 15.0. The van der Waals surface area contributed by atoms with E-state index in [-0.39, 0.29) is 11.8 Å². The van der Waals surface area contributed by atoms with Gasteiger partial charge in [-0.05, 0) is 50.6 Å². The van der Waals surface area contributed by atoms with Crippen LogP contribution in [0.15, 0.2) is 48.9 Å². The van der Waals surface area contributed by atoms with Crippen LogP contribution in [0.5, 0.6) is 0 Å². The number of hydrogen-bond donors (Lipinski definition) is 0. The number of nitrogens with zero attached hydrogens (tertiary/aromatic N) is 5. The molecule has 1 aliphatic heterocycles. The van der Waals surface area contributed by atoms with Crippen LogP contribution in [-0.4, -0.2) is 43.6 Å². The predicted molar refractivity (Wildman–Crippen MR) is 98.3 cm³/mol. The van der Waals surface area contributed by atoms with E-state index in [0.717, 1.165) is 35.7 Å². The Balaban J connectivity index is 1.48. The van der Waals surface area contributed by atoms with Gasteiger partial charge in [0.2, 0.25) is 0 Å². The van der Waals surface area contributed by atoms with Crippen molar-refractivity contribution in [3.63, 3.8) is 0 Å². The van der Waals surface area contributed by atoms with Crippen LogP contribution in [-0.2, 0) is 0 Å². The third-order valence-electron chi connectivity index (χ3n) is 4.85. The summed E-state index contributed by atoms with van der Waals surface area (Å²) in [4.78, 5) is 23.2. The van der Waals surface area contributed by atoms with Crippen molar-refractivity contribution >= 4 is 5.91 Å². The highest BCUT2D eigenvalue weighted by atomic mass is 16.2. The smallest absolute Gasteiger partial charge is 0.253 e. The van der Waals surface area contributed by atoms with E-state index >= 15 is 0 Å². The topological polar surface area (TPSA) is 63.9 Å². The molecule has 1 aliphatic rings. The first-order chi connectivity index (χ1) is 12.6. The summed E-state index contributed by atoms with van der Waals surface area (Å²) in [5, 5.41) is 4.48. The summed E-state index contributed by atoms with van der Waals surface area (Å²) in [6.07, 6.45) is 6.10. The van der Waals surface area contributed by atoms with E-state index in [1.165, 1.54) is 0 Å². The fourth-order valence-corrected chi connectivity index (χ4v) is 3.53. The molecule has 6 heteroatoms. The van der Waals surface area contributed by atoms with Crippen LogP contribution in [0.1, 0.15) is 39.8 Å². The third-order valence-corrected chi connectivity index (χ3v) is 4.85. The van der Waals surface area contributed by atoms with Crippen molar-refractivity contribution in [1.82, 2.24) is 24.6 Å². The van der Waals surface area contributed by atoms with Crippen molar-refractivity contribution < 1.29 is 4.79 Å². The van der Waals surface area contributed by atoms with Crippen LogP contribution in [0.3, 0.4) is 0 Å². The van der Waals surface area contributed by atoms with Gasteiger partial charge in [-0.2, -0.15) is 5.10 Å². The number of carbonyl (C=O) groups excluding carboxylic acids is 1. The molecule has 4 rings (SSSR count). The Morgan fingerprint density at radius 1 is 1.15 bits per heavy atom. The maximum atomic E-state index is 12.8. The molecule has 0 spiro atoms. The maximum absolute atomic E-state index is 12.8. The van der Waals surface area contributed by atoms with Gasteiger partial charge in [-0.1, -0.05) is 0 Å². The number of aromatic nitrogens is 4. The van der Waals surface area contributed by atoms with Crippen LogP contribution in [0.4, 0.5) is 0 Å². The summed E-state index contributed by atoms with van der Waals surface area (Å²) in [5.41, 5.74) is 4.69. The molecule has 0 unspecified atom stereocenters. The Labute approximate surface area is 152 Å². The van der Waals surface area contributed by atoms with Crippen molar-refractivity contribution in [3.8, 4) is 5.69 Å². The van der Waals surface area contributed by atoms with E-state index < -0.39 is 0 Å². The SMILES string of the molecule is Cc1cc(C)n(-c2ccc(C(=O)N3CC[C@H](c4cnccn4)C3)cc2)n1. The third kappa shape index (κ3) is 3.10. The number of rotatable bonds is 3. The second-order valence-electron chi connectivity index (χ2n) is 6.75. The Kier molecular flexibility index (Phi) is 4.24. The van der Waals surface area contributed by atoms with Gasteiger partial charge >= 0.3 is 0 Å². The summed E-state index contributed by atoms with van der Waals surface area (Å²) in [5.74, 6) is 0.331. The van der Waals surface area contributed by atoms with Gasteiger partial charge < -0.3 is 4.90 Å². The minimum absolute atomic E-state index is 0.0660. The molecular weight excluding hydrogens is 326 g/mol. The second kappa shape index (κ2) is 6.71. The van der Waals surface area contributed by atoms with Crippen LogP contribution < -0.4 is 0 Å². The number of carbonyl (C=O) groups is 1. The molecular formula is C20H21N5O. The lowest BCUT2D eigenvalue weighted by molar-refractivity contribution is 0.0790. The summed E-state index contributed by atoms with van der Waals surface area (Å²) in [6.45, 7) is 5.44. The van der Waals surface area contributed by atoms with Crippen molar-refractivity contribution in [2.45, 2.75) is 26.2 Å². The second-order valence-corrected chi connectivity index (χ2v) is 6.75. The molecule has 0 N–H and O–H groups in total. The van der Waals surface area contributed by atoms with Crippen molar-refractivity contribution in [3.05, 3.63) is 71.6 Å². The molecule has 1 fully saturated rings. The van der Waals surface area contributed by atoms with Crippen LogP contribution in [0.2, 0.25) is 0 Å². The Morgan fingerprint density at radius 3 is 2.62 bits per heavy atom. The fraction of sp³-hybridized carbons (Fsp3) is 0.300. The van der Waals surface area contributed by atoms with Crippen molar-refractivity contribution in [2.24, 2.45) is 0 Å². The van der Waals surface area contributed by atoms with Gasteiger partial charge in [0, 0.05) is 48.9 Å². The summed E-state index contributed by atoms with van der Waals surface area (Å²) >= 11 is 0. The summed E-state index contributed by atoms with van der Waals surface area (Å²) in [6, 6.07) is 9.69. The lowest BCUT2D eigenvalue weighted by Crippen LogP contribution is -2.28. The lowest BCUT2D eigenvalue weighted by atomic mass is 10.1. The molecule has 0 radical (unpaired) electrons. The highest BCUT2D eigenvalue weighted by molar-refractivity contribution is 5.94. The van der Waals surface area contributed by atoms with Gasteiger partial charge in [-0.3, -0.25) is 14.8 Å². The highest BCUT2D eigenvalue weighted by Gasteiger charge is 2.28. The molecule has 0 aliphatic carbocycles.